The van der Waals surface area contributed by atoms with Crippen LogP contribution in [0.3, 0.4) is 0 Å². The number of aliphatic hydroxyl groups excluding tert-OH is 1. The van der Waals surface area contributed by atoms with E-state index in [1.807, 2.05) is 56.3 Å². The van der Waals surface area contributed by atoms with E-state index in [0.29, 0.717) is 23.2 Å². The molecule has 0 fully saturated rings. The number of anilines is 1. The molecule has 0 radical (unpaired) electrons. The number of aryl methyl sites for hydroxylation is 3. The Labute approximate surface area is 241 Å². The molecule has 4 rings (SSSR count). The van der Waals surface area contributed by atoms with Gasteiger partial charge in [-0.25, -0.2) is 9.67 Å². The van der Waals surface area contributed by atoms with E-state index >= 15 is 0 Å². The first-order valence-electron chi connectivity index (χ1n) is 13.0. The van der Waals surface area contributed by atoms with Gasteiger partial charge in [0.25, 0.3) is 0 Å². The molecule has 216 valence electrons. The van der Waals surface area contributed by atoms with Crippen LogP contribution < -0.4 is 20.7 Å². The van der Waals surface area contributed by atoms with Gasteiger partial charge >= 0.3 is 6.36 Å². The number of nitrogens with zero attached hydrogens (tertiary/aromatic N) is 3. The van der Waals surface area contributed by atoms with Crippen LogP contribution in [0.15, 0.2) is 73.1 Å². The van der Waals surface area contributed by atoms with Crippen molar-refractivity contribution >= 4 is 23.0 Å². The molecular formula is C29H31F3N6O2S. The van der Waals surface area contributed by atoms with Crippen LogP contribution in [0.5, 0.6) is 5.75 Å². The Hall–Kier alpha value is -4.00. The van der Waals surface area contributed by atoms with Gasteiger partial charge in [0, 0.05) is 11.3 Å². The highest BCUT2D eigenvalue weighted by atomic mass is 32.1. The van der Waals surface area contributed by atoms with Crippen LogP contribution in [0, 0.1) is 13.8 Å². The highest BCUT2D eigenvalue weighted by Gasteiger charge is 2.31. The molecule has 0 spiro atoms. The Morgan fingerprint density at radius 2 is 1.68 bits per heavy atom. The number of nitrogens with one attached hydrogen (secondary N) is 3. The van der Waals surface area contributed by atoms with E-state index in [-0.39, 0.29) is 5.75 Å². The number of aromatic nitrogens is 3. The van der Waals surface area contributed by atoms with E-state index in [2.05, 4.69) is 30.8 Å². The van der Waals surface area contributed by atoms with Crippen molar-refractivity contribution in [1.82, 2.24) is 25.4 Å². The Kier molecular flexibility index (Phi) is 9.92. The van der Waals surface area contributed by atoms with Crippen LogP contribution in [0.4, 0.5) is 18.9 Å². The summed E-state index contributed by atoms with van der Waals surface area (Å²) in [7, 11) is 0. The van der Waals surface area contributed by atoms with E-state index in [1.165, 1.54) is 35.3 Å². The van der Waals surface area contributed by atoms with Gasteiger partial charge in [0.2, 0.25) is 0 Å². The third kappa shape index (κ3) is 9.00. The van der Waals surface area contributed by atoms with Crippen LogP contribution >= 0.6 is 12.2 Å². The number of ether oxygens (including phenoxy) is 1. The lowest BCUT2D eigenvalue weighted by molar-refractivity contribution is -0.274. The van der Waals surface area contributed by atoms with Crippen molar-refractivity contribution in [2.45, 2.75) is 45.8 Å². The molecule has 1 heterocycles. The zero-order valence-corrected chi connectivity index (χ0v) is 23.4. The van der Waals surface area contributed by atoms with Gasteiger partial charge in [-0.2, -0.15) is 0 Å². The highest BCUT2D eigenvalue weighted by Crippen LogP contribution is 2.24. The Balaban J connectivity index is 1.18. The smallest absolute Gasteiger partial charge is 0.406 e. The van der Waals surface area contributed by atoms with Crippen molar-refractivity contribution in [3.8, 4) is 22.8 Å². The number of hydrogen-bond donors (Lipinski definition) is 4. The van der Waals surface area contributed by atoms with Gasteiger partial charge in [-0.3, -0.25) is 5.32 Å². The van der Waals surface area contributed by atoms with E-state index in [9.17, 15) is 18.3 Å². The third-order valence-electron chi connectivity index (χ3n) is 6.26. The molecule has 0 saturated carbocycles. The highest BCUT2D eigenvalue weighted by molar-refractivity contribution is 7.80. The predicted molar refractivity (Wildman–Crippen MR) is 156 cm³/mol. The topological polar surface area (TPSA) is 96.3 Å². The summed E-state index contributed by atoms with van der Waals surface area (Å²) in [6.45, 7) is 4.61. The van der Waals surface area contributed by atoms with E-state index in [4.69, 9.17) is 12.2 Å². The lowest BCUT2D eigenvalue weighted by Gasteiger charge is -2.19. The van der Waals surface area contributed by atoms with Gasteiger partial charge in [0.05, 0.1) is 5.69 Å². The SMILES string of the molecule is Cc1cccc(C)c1NC(=S)NC(O)NCCCCc1ccc(-c2ncn(-c3ccc(OC(F)(F)F)cc3)n2)cc1. The quantitative estimate of drug-likeness (QED) is 0.102. The van der Waals surface area contributed by atoms with Gasteiger partial charge in [0.15, 0.2) is 17.3 Å². The summed E-state index contributed by atoms with van der Waals surface area (Å²) in [6.07, 6.45) is -1.55. The predicted octanol–water partition coefficient (Wildman–Crippen LogP) is 5.62. The summed E-state index contributed by atoms with van der Waals surface area (Å²) in [5.41, 5.74) is 5.62. The minimum Gasteiger partial charge on any atom is -0.406 e. The molecule has 8 nitrogen and oxygen atoms in total. The number of halogens is 3. The monoisotopic (exact) mass is 584 g/mol. The second-order valence-corrected chi connectivity index (χ2v) is 9.84. The number of thiocarbonyl (C=S) groups is 1. The average Bonchev–Trinajstić information content (AvgIpc) is 3.41. The Morgan fingerprint density at radius 1 is 1.00 bits per heavy atom. The fourth-order valence-electron chi connectivity index (χ4n) is 4.17. The number of benzene rings is 3. The van der Waals surface area contributed by atoms with E-state index in [0.717, 1.165) is 47.2 Å². The number of para-hydroxylation sites is 1. The van der Waals surface area contributed by atoms with Gasteiger partial charge in [0.1, 0.15) is 12.1 Å². The van der Waals surface area contributed by atoms with Crippen molar-refractivity contribution < 1.29 is 23.0 Å². The number of aliphatic hydroxyl groups is 1. The Morgan fingerprint density at radius 3 is 2.34 bits per heavy atom. The van der Waals surface area contributed by atoms with Gasteiger partial charge in [-0.15, -0.1) is 18.3 Å². The van der Waals surface area contributed by atoms with Gasteiger partial charge < -0.3 is 20.5 Å². The molecule has 0 aliphatic rings. The second kappa shape index (κ2) is 13.6. The molecule has 4 N–H and O–H groups in total. The lowest BCUT2D eigenvalue weighted by atomic mass is 10.1. The molecule has 41 heavy (non-hydrogen) atoms. The maximum Gasteiger partial charge on any atom is 0.573 e. The molecular weight excluding hydrogens is 553 g/mol. The molecule has 12 heteroatoms. The molecule has 0 aliphatic heterocycles. The fraction of sp³-hybridized carbons (Fsp3) is 0.276. The number of alkyl halides is 3. The van der Waals surface area contributed by atoms with Crippen molar-refractivity contribution in [2.75, 3.05) is 11.9 Å². The summed E-state index contributed by atoms with van der Waals surface area (Å²) in [6, 6.07) is 19.3. The molecule has 0 saturated heterocycles. The van der Waals surface area contributed by atoms with Crippen LogP contribution in [0.2, 0.25) is 0 Å². The average molecular weight is 585 g/mol. The summed E-state index contributed by atoms with van der Waals surface area (Å²) < 4.78 is 42.5. The fourth-order valence-corrected chi connectivity index (χ4v) is 4.38. The maximum atomic E-state index is 12.4. The van der Waals surface area contributed by atoms with Crippen LogP contribution in [0.25, 0.3) is 17.1 Å². The third-order valence-corrected chi connectivity index (χ3v) is 6.48. The number of rotatable bonds is 11. The summed E-state index contributed by atoms with van der Waals surface area (Å²) in [5, 5.41) is 24.0. The molecule has 1 unspecified atom stereocenters. The standard InChI is InChI=1S/C29H31F3N6O2S/c1-19-6-5-7-20(2)25(19)35-28(41)36-27(39)33-17-4-3-8-21-9-11-22(12-10-21)26-34-18-38(37-26)23-13-15-24(16-14-23)40-29(30,31)32/h5-7,9-16,18,27,33,39H,3-4,8,17H2,1-2H3,(H2,35,36,41). The zero-order chi connectivity index (χ0) is 29.4. The van der Waals surface area contributed by atoms with Crippen molar-refractivity contribution in [3.05, 3.63) is 89.7 Å². The van der Waals surface area contributed by atoms with Crippen molar-refractivity contribution in [1.29, 1.82) is 0 Å². The van der Waals surface area contributed by atoms with Crippen LogP contribution in [0.1, 0.15) is 29.5 Å². The van der Waals surface area contributed by atoms with Gasteiger partial charge in [-0.05, 0) is 92.8 Å². The lowest BCUT2D eigenvalue weighted by Crippen LogP contribution is -2.47. The molecule has 4 aromatic rings. The molecule has 3 aromatic carbocycles. The van der Waals surface area contributed by atoms with E-state index < -0.39 is 12.7 Å². The number of unbranched alkanes of at least 4 members (excludes halogenated alkanes) is 1. The molecule has 0 bridgehead atoms. The van der Waals surface area contributed by atoms with Gasteiger partial charge in [-0.1, -0.05) is 42.5 Å². The minimum atomic E-state index is -4.74. The molecule has 1 aromatic heterocycles. The maximum absolute atomic E-state index is 12.4. The van der Waals surface area contributed by atoms with E-state index in [1.54, 1.807) is 0 Å². The zero-order valence-electron chi connectivity index (χ0n) is 22.6. The first kappa shape index (κ1) is 30.0. The molecule has 1 atom stereocenters. The van der Waals surface area contributed by atoms with Crippen molar-refractivity contribution in [2.24, 2.45) is 0 Å². The molecule has 0 aliphatic carbocycles. The normalized spacial score (nSPS) is 12.1. The largest absolute Gasteiger partial charge is 0.573 e. The minimum absolute atomic E-state index is 0.300. The first-order valence-corrected chi connectivity index (χ1v) is 13.4. The molecule has 0 amide bonds. The second-order valence-electron chi connectivity index (χ2n) is 9.43. The number of hydrogen-bond acceptors (Lipinski definition) is 6. The summed E-state index contributed by atoms with van der Waals surface area (Å²) in [4.78, 5) is 4.32. The van der Waals surface area contributed by atoms with Crippen LogP contribution in [-0.4, -0.2) is 44.2 Å². The van der Waals surface area contributed by atoms with Crippen LogP contribution in [-0.2, 0) is 6.42 Å². The summed E-state index contributed by atoms with van der Waals surface area (Å²) >= 11 is 5.32. The summed E-state index contributed by atoms with van der Waals surface area (Å²) in [5.74, 6) is 0.203. The van der Waals surface area contributed by atoms with Crippen molar-refractivity contribution in [3.63, 3.8) is 0 Å². The first-order chi connectivity index (χ1) is 19.6. The Bertz CT molecular complexity index is 1420.